The largest absolute Gasteiger partial charge is 0.472 e. The van der Waals surface area contributed by atoms with E-state index in [2.05, 4.69) is 51.2 Å². The van der Waals surface area contributed by atoms with Crippen LogP contribution < -0.4 is 0 Å². The lowest BCUT2D eigenvalue weighted by molar-refractivity contribution is 0.331. The summed E-state index contributed by atoms with van der Waals surface area (Å²) >= 11 is 0. The van der Waals surface area contributed by atoms with Gasteiger partial charge in [0.1, 0.15) is 5.69 Å². The van der Waals surface area contributed by atoms with Crippen molar-refractivity contribution in [3.63, 3.8) is 0 Å². The molecule has 0 saturated carbocycles. The molecule has 6 heterocycles. The number of aliphatic imine (C=N–C) groups is 1. The monoisotopic (exact) mass is 488 g/mol. The molecule has 7 heteroatoms. The second kappa shape index (κ2) is 9.09. The van der Waals surface area contributed by atoms with Gasteiger partial charge in [-0.15, -0.1) is 0 Å². The number of nitrogens with zero attached hydrogens (tertiary/aromatic N) is 5. The van der Waals surface area contributed by atoms with E-state index < -0.39 is 0 Å². The maximum Gasteiger partial charge on any atom is 0.114 e. The SMILES string of the molecule is CC1CC(c2n[nH]c3ccc(-c4cncc(CN5CCCC5)c4)cc23)=Nc2cncc(-c3ccoc3)c21. The minimum atomic E-state index is 0.275. The van der Waals surface area contributed by atoms with Crippen molar-refractivity contribution in [2.75, 3.05) is 13.1 Å². The smallest absolute Gasteiger partial charge is 0.114 e. The second-order valence-electron chi connectivity index (χ2n) is 10.2. The maximum atomic E-state index is 5.33. The first-order chi connectivity index (χ1) is 18.2. The molecule has 1 saturated heterocycles. The van der Waals surface area contributed by atoms with Crippen LogP contribution in [0.5, 0.6) is 0 Å². The molecule has 1 fully saturated rings. The number of aromatic nitrogens is 4. The Morgan fingerprint density at radius 1 is 0.973 bits per heavy atom. The molecule has 37 heavy (non-hydrogen) atoms. The van der Waals surface area contributed by atoms with E-state index in [0.717, 1.165) is 63.2 Å². The molecule has 1 aromatic carbocycles. The van der Waals surface area contributed by atoms with Crippen molar-refractivity contribution >= 4 is 22.3 Å². The van der Waals surface area contributed by atoms with Crippen molar-refractivity contribution in [2.45, 2.75) is 38.6 Å². The number of hydrogen-bond acceptors (Lipinski definition) is 6. The van der Waals surface area contributed by atoms with Gasteiger partial charge in [-0.25, -0.2) is 4.99 Å². The van der Waals surface area contributed by atoms with Crippen LogP contribution in [-0.4, -0.2) is 43.9 Å². The Labute approximate surface area is 215 Å². The number of pyridine rings is 2. The Bertz CT molecular complexity index is 1610. The van der Waals surface area contributed by atoms with Crippen LogP contribution in [0.1, 0.15) is 48.9 Å². The Morgan fingerprint density at radius 3 is 2.73 bits per heavy atom. The average molecular weight is 489 g/mol. The normalized spacial score (nSPS) is 17.8. The average Bonchev–Trinajstić information content (AvgIpc) is 3.70. The zero-order chi connectivity index (χ0) is 24.8. The Morgan fingerprint density at radius 2 is 1.86 bits per heavy atom. The highest BCUT2D eigenvalue weighted by molar-refractivity contribution is 6.11. The third-order valence-corrected chi connectivity index (χ3v) is 7.62. The molecule has 184 valence electrons. The summed E-state index contributed by atoms with van der Waals surface area (Å²) in [5, 5.41) is 9.00. The topological polar surface area (TPSA) is 83.2 Å². The van der Waals surface area contributed by atoms with E-state index in [1.165, 1.54) is 37.1 Å². The van der Waals surface area contributed by atoms with Crippen LogP contribution >= 0.6 is 0 Å². The molecule has 0 radical (unpaired) electrons. The van der Waals surface area contributed by atoms with E-state index in [1.54, 1.807) is 12.5 Å². The van der Waals surface area contributed by atoms with Gasteiger partial charge >= 0.3 is 0 Å². The molecule has 1 atom stereocenters. The zero-order valence-corrected chi connectivity index (χ0v) is 20.8. The van der Waals surface area contributed by atoms with Gasteiger partial charge in [-0.2, -0.15) is 5.10 Å². The molecular weight excluding hydrogens is 460 g/mol. The number of benzene rings is 1. The summed E-state index contributed by atoms with van der Waals surface area (Å²) < 4.78 is 5.33. The lowest BCUT2D eigenvalue weighted by Gasteiger charge is -2.23. The van der Waals surface area contributed by atoms with Crippen LogP contribution in [-0.2, 0) is 6.54 Å². The van der Waals surface area contributed by atoms with Crippen molar-refractivity contribution in [1.29, 1.82) is 0 Å². The van der Waals surface area contributed by atoms with E-state index in [0.29, 0.717) is 0 Å². The molecule has 7 nitrogen and oxygen atoms in total. The first-order valence-electron chi connectivity index (χ1n) is 13.0. The Kier molecular flexibility index (Phi) is 5.43. The predicted octanol–water partition coefficient (Wildman–Crippen LogP) is 6.50. The molecule has 0 amide bonds. The van der Waals surface area contributed by atoms with Gasteiger partial charge in [-0.1, -0.05) is 13.0 Å². The van der Waals surface area contributed by atoms with Gasteiger partial charge in [0, 0.05) is 47.2 Å². The van der Waals surface area contributed by atoms with Gasteiger partial charge in [0.15, 0.2) is 0 Å². The van der Waals surface area contributed by atoms with Crippen LogP contribution in [0.4, 0.5) is 5.69 Å². The van der Waals surface area contributed by atoms with Crippen LogP contribution in [0.2, 0.25) is 0 Å². The molecular formula is C30H28N6O. The van der Waals surface area contributed by atoms with Crippen molar-refractivity contribution in [2.24, 2.45) is 4.99 Å². The van der Waals surface area contributed by atoms with Gasteiger partial charge < -0.3 is 4.42 Å². The minimum absolute atomic E-state index is 0.275. The van der Waals surface area contributed by atoms with Crippen molar-refractivity contribution in [3.05, 3.63) is 84.5 Å². The minimum Gasteiger partial charge on any atom is -0.472 e. The lowest BCUT2D eigenvalue weighted by Crippen LogP contribution is -2.18. The second-order valence-corrected chi connectivity index (χ2v) is 10.2. The first-order valence-corrected chi connectivity index (χ1v) is 13.0. The summed E-state index contributed by atoms with van der Waals surface area (Å²) in [6.07, 6.45) is 14.6. The summed E-state index contributed by atoms with van der Waals surface area (Å²) in [5.74, 6) is 0.275. The maximum absolute atomic E-state index is 5.33. The predicted molar refractivity (Wildman–Crippen MR) is 145 cm³/mol. The number of fused-ring (bicyclic) bond motifs is 2. The molecule has 0 bridgehead atoms. The van der Waals surface area contributed by atoms with Gasteiger partial charge in [0.25, 0.3) is 0 Å². The van der Waals surface area contributed by atoms with Gasteiger partial charge in [-0.05, 0) is 79.2 Å². The van der Waals surface area contributed by atoms with Crippen LogP contribution in [0.3, 0.4) is 0 Å². The van der Waals surface area contributed by atoms with E-state index >= 15 is 0 Å². The fourth-order valence-corrected chi connectivity index (χ4v) is 5.79. The fraction of sp³-hybridized carbons (Fsp3) is 0.267. The van der Waals surface area contributed by atoms with Crippen LogP contribution in [0.15, 0.2) is 77.1 Å². The summed E-state index contributed by atoms with van der Waals surface area (Å²) in [5.41, 5.74) is 10.6. The molecule has 0 aliphatic carbocycles. The molecule has 2 aliphatic rings. The number of likely N-dealkylation sites (tertiary alicyclic amines) is 1. The molecule has 1 unspecified atom stereocenters. The number of rotatable bonds is 5. The number of hydrogen-bond donors (Lipinski definition) is 1. The highest BCUT2D eigenvalue weighted by Crippen LogP contribution is 2.42. The molecule has 1 N–H and O–H groups in total. The van der Waals surface area contributed by atoms with E-state index in [4.69, 9.17) is 14.5 Å². The standard InChI is InChI=1S/C30H28N6O/c1-19-10-27(33-28-16-32-15-25(29(19)28)22-6-9-37-18-22)30-24-12-21(4-5-26(24)34-35-30)23-11-20(13-31-14-23)17-36-7-2-3-8-36/h4-6,9,11-16,18-19H,2-3,7-8,10,17H2,1H3,(H,34,35). The first kappa shape index (κ1) is 22.1. The van der Waals surface area contributed by atoms with Crippen LogP contribution in [0, 0.1) is 0 Å². The third kappa shape index (κ3) is 4.05. The van der Waals surface area contributed by atoms with Crippen LogP contribution in [0.25, 0.3) is 33.2 Å². The summed E-state index contributed by atoms with van der Waals surface area (Å²) in [4.78, 5) is 16.6. The highest BCUT2D eigenvalue weighted by atomic mass is 16.3. The Balaban J connectivity index is 1.26. The van der Waals surface area contributed by atoms with Gasteiger partial charge in [0.2, 0.25) is 0 Å². The summed E-state index contributed by atoms with van der Waals surface area (Å²) in [6.45, 7) is 5.56. The highest BCUT2D eigenvalue weighted by Gasteiger charge is 2.26. The van der Waals surface area contributed by atoms with Crippen molar-refractivity contribution in [3.8, 4) is 22.3 Å². The molecule has 4 aromatic heterocycles. The van der Waals surface area contributed by atoms with E-state index in [1.807, 2.05) is 30.9 Å². The molecule has 2 aliphatic heterocycles. The quantitative estimate of drug-likeness (QED) is 0.305. The van der Waals surface area contributed by atoms with Crippen molar-refractivity contribution < 1.29 is 4.42 Å². The van der Waals surface area contributed by atoms with Gasteiger partial charge in [-0.3, -0.25) is 20.0 Å². The summed E-state index contributed by atoms with van der Waals surface area (Å²) in [7, 11) is 0. The molecule has 0 spiro atoms. The number of furan rings is 1. The van der Waals surface area contributed by atoms with E-state index in [9.17, 15) is 0 Å². The third-order valence-electron chi connectivity index (χ3n) is 7.62. The molecule has 5 aromatic rings. The number of aromatic amines is 1. The van der Waals surface area contributed by atoms with Gasteiger partial charge in [0.05, 0.1) is 35.6 Å². The lowest BCUT2D eigenvalue weighted by atomic mass is 9.86. The number of H-pyrrole nitrogens is 1. The van der Waals surface area contributed by atoms with E-state index in [-0.39, 0.29) is 5.92 Å². The number of nitrogens with one attached hydrogen (secondary N) is 1. The zero-order valence-electron chi connectivity index (χ0n) is 20.8. The Hall–Kier alpha value is -4.10. The van der Waals surface area contributed by atoms with Crippen molar-refractivity contribution in [1.82, 2.24) is 25.1 Å². The summed E-state index contributed by atoms with van der Waals surface area (Å²) in [6, 6.07) is 10.7. The molecule has 7 rings (SSSR count). The fourth-order valence-electron chi connectivity index (χ4n) is 5.79.